The molecule has 0 fully saturated rings. The molecule has 1 heterocycles. The van der Waals surface area contributed by atoms with Crippen molar-refractivity contribution >= 4 is 29.3 Å². The first-order valence-corrected chi connectivity index (χ1v) is 8.11. The van der Waals surface area contributed by atoms with Gasteiger partial charge in [0.25, 0.3) is 5.91 Å². The standard InChI is InChI=1S/C18H19ClN2O4/c1-4-24-18(23)13-5-6-20-15(9-13)21-16(22)10-25-14-7-11(2)17(19)12(3)8-14/h5-9H,4,10H2,1-3H3,(H,20,21,22). The first-order chi connectivity index (χ1) is 11.9. The predicted octanol–water partition coefficient (Wildman–Crippen LogP) is 3.55. The monoisotopic (exact) mass is 362 g/mol. The molecule has 2 rings (SSSR count). The zero-order valence-corrected chi connectivity index (χ0v) is 15.0. The zero-order chi connectivity index (χ0) is 18.4. The highest BCUT2D eigenvalue weighted by atomic mass is 35.5. The molecule has 2 aromatic rings. The number of hydrogen-bond donors (Lipinski definition) is 1. The van der Waals surface area contributed by atoms with E-state index in [0.717, 1.165) is 11.1 Å². The van der Waals surface area contributed by atoms with Crippen molar-refractivity contribution in [3.63, 3.8) is 0 Å². The van der Waals surface area contributed by atoms with Crippen LogP contribution in [0.4, 0.5) is 5.82 Å². The lowest BCUT2D eigenvalue weighted by atomic mass is 10.1. The topological polar surface area (TPSA) is 77.5 Å². The van der Waals surface area contributed by atoms with E-state index < -0.39 is 11.9 Å². The van der Waals surface area contributed by atoms with Crippen LogP contribution in [0, 0.1) is 13.8 Å². The van der Waals surface area contributed by atoms with Gasteiger partial charge in [0.05, 0.1) is 12.2 Å². The minimum absolute atomic E-state index is 0.189. The Bertz CT molecular complexity index is 769. The minimum Gasteiger partial charge on any atom is -0.484 e. The second-order valence-electron chi connectivity index (χ2n) is 5.36. The molecule has 132 valence electrons. The number of halogens is 1. The van der Waals surface area contributed by atoms with Crippen LogP contribution in [0.5, 0.6) is 5.75 Å². The third-order valence-corrected chi connectivity index (χ3v) is 3.91. The maximum Gasteiger partial charge on any atom is 0.338 e. The number of amides is 1. The van der Waals surface area contributed by atoms with Crippen LogP contribution in [-0.2, 0) is 9.53 Å². The smallest absolute Gasteiger partial charge is 0.338 e. The molecule has 1 N–H and O–H groups in total. The molecular formula is C18H19ClN2O4. The van der Waals surface area contributed by atoms with Crippen LogP contribution < -0.4 is 10.1 Å². The molecule has 0 saturated carbocycles. The highest BCUT2D eigenvalue weighted by molar-refractivity contribution is 6.32. The van der Waals surface area contributed by atoms with Crippen molar-refractivity contribution in [2.75, 3.05) is 18.5 Å². The summed E-state index contributed by atoms with van der Waals surface area (Å²) in [4.78, 5) is 27.7. The molecule has 1 aromatic heterocycles. The molecule has 0 unspecified atom stereocenters. The maximum absolute atomic E-state index is 12.0. The van der Waals surface area contributed by atoms with Gasteiger partial charge in [0.2, 0.25) is 0 Å². The molecule has 0 saturated heterocycles. The second-order valence-corrected chi connectivity index (χ2v) is 5.74. The Morgan fingerprint density at radius 1 is 1.20 bits per heavy atom. The normalized spacial score (nSPS) is 10.2. The average molecular weight is 363 g/mol. The van der Waals surface area contributed by atoms with Crippen LogP contribution in [0.2, 0.25) is 5.02 Å². The summed E-state index contributed by atoms with van der Waals surface area (Å²) in [6.07, 6.45) is 1.43. The number of rotatable bonds is 6. The SMILES string of the molecule is CCOC(=O)c1ccnc(NC(=O)COc2cc(C)c(Cl)c(C)c2)c1. The minimum atomic E-state index is -0.469. The summed E-state index contributed by atoms with van der Waals surface area (Å²) in [7, 11) is 0. The number of aryl methyl sites for hydroxylation is 2. The first kappa shape index (κ1) is 18.7. The fourth-order valence-corrected chi connectivity index (χ4v) is 2.27. The third kappa shape index (κ3) is 5.19. The lowest BCUT2D eigenvalue weighted by molar-refractivity contribution is -0.118. The number of ether oxygens (including phenoxy) is 2. The Balaban J connectivity index is 1.96. The van der Waals surface area contributed by atoms with Crippen LogP contribution in [0.15, 0.2) is 30.5 Å². The zero-order valence-electron chi connectivity index (χ0n) is 14.3. The van der Waals surface area contributed by atoms with E-state index >= 15 is 0 Å². The number of carbonyl (C=O) groups is 2. The van der Waals surface area contributed by atoms with Gasteiger partial charge in [-0.05, 0) is 56.2 Å². The van der Waals surface area contributed by atoms with Crippen molar-refractivity contribution in [3.8, 4) is 5.75 Å². The molecule has 6 nitrogen and oxygen atoms in total. The summed E-state index contributed by atoms with van der Waals surface area (Å²) in [5.41, 5.74) is 2.07. The fourth-order valence-electron chi connectivity index (χ4n) is 2.16. The van der Waals surface area contributed by atoms with Crippen LogP contribution in [0.3, 0.4) is 0 Å². The van der Waals surface area contributed by atoms with E-state index in [1.54, 1.807) is 19.1 Å². The van der Waals surface area contributed by atoms with Gasteiger partial charge in [-0.3, -0.25) is 4.79 Å². The molecule has 0 spiro atoms. The van der Waals surface area contributed by atoms with Crippen LogP contribution >= 0.6 is 11.6 Å². The molecule has 1 aromatic carbocycles. The Labute approximate surface area is 151 Å². The lowest BCUT2D eigenvalue weighted by Crippen LogP contribution is -2.21. The van der Waals surface area contributed by atoms with Gasteiger partial charge in [-0.15, -0.1) is 0 Å². The largest absolute Gasteiger partial charge is 0.484 e. The third-order valence-electron chi connectivity index (χ3n) is 3.32. The number of nitrogens with zero attached hydrogens (tertiary/aromatic N) is 1. The quantitative estimate of drug-likeness (QED) is 0.795. The summed E-state index contributed by atoms with van der Waals surface area (Å²) in [6, 6.07) is 6.50. The van der Waals surface area contributed by atoms with Gasteiger partial charge >= 0.3 is 5.97 Å². The highest BCUT2D eigenvalue weighted by Crippen LogP contribution is 2.25. The van der Waals surface area contributed by atoms with Gasteiger partial charge in [-0.25, -0.2) is 9.78 Å². The first-order valence-electron chi connectivity index (χ1n) is 7.73. The molecule has 25 heavy (non-hydrogen) atoms. The van der Waals surface area contributed by atoms with Crippen molar-refractivity contribution in [2.24, 2.45) is 0 Å². The summed E-state index contributed by atoms with van der Waals surface area (Å²) < 4.78 is 10.4. The highest BCUT2D eigenvalue weighted by Gasteiger charge is 2.11. The number of nitrogens with one attached hydrogen (secondary N) is 1. The summed E-state index contributed by atoms with van der Waals surface area (Å²) in [6.45, 7) is 5.54. The van der Waals surface area contributed by atoms with Crippen molar-refractivity contribution in [3.05, 3.63) is 52.2 Å². The molecule has 0 atom stereocenters. The number of benzene rings is 1. The molecule has 0 bridgehead atoms. The molecule has 0 radical (unpaired) electrons. The van der Waals surface area contributed by atoms with Gasteiger partial charge in [-0.2, -0.15) is 0 Å². The number of hydrogen-bond acceptors (Lipinski definition) is 5. The number of anilines is 1. The number of esters is 1. The van der Waals surface area contributed by atoms with E-state index in [1.807, 2.05) is 13.8 Å². The number of pyridine rings is 1. The van der Waals surface area contributed by atoms with Gasteiger partial charge < -0.3 is 14.8 Å². The van der Waals surface area contributed by atoms with Crippen molar-refractivity contribution < 1.29 is 19.1 Å². The van der Waals surface area contributed by atoms with E-state index in [9.17, 15) is 9.59 Å². The predicted molar refractivity (Wildman–Crippen MR) is 95.2 cm³/mol. The van der Waals surface area contributed by atoms with Crippen molar-refractivity contribution in [2.45, 2.75) is 20.8 Å². The van der Waals surface area contributed by atoms with Gasteiger partial charge in [0.1, 0.15) is 11.6 Å². The van der Waals surface area contributed by atoms with Crippen LogP contribution in [0.1, 0.15) is 28.4 Å². The Kier molecular flexibility index (Phi) is 6.36. The van der Waals surface area contributed by atoms with Crippen LogP contribution in [0.25, 0.3) is 0 Å². The van der Waals surface area contributed by atoms with Crippen molar-refractivity contribution in [1.82, 2.24) is 4.98 Å². The van der Waals surface area contributed by atoms with Crippen molar-refractivity contribution in [1.29, 1.82) is 0 Å². The summed E-state index contributed by atoms with van der Waals surface area (Å²) in [5, 5.41) is 3.26. The van der Waals surface area contributed by atoms with Crippen LogP contribution in [-0.4, -0.2) is 30.1 Å². The molecule has 0 aliphatic carbocycles. The summed E-state index contributed by atoms with van der Waals surface area (Å²) >= 11 is 6.10. The fraction of sp³-hybridized carbons (Fsp3) is 0.278. The van der Waals surface area contributed by atoms with E-state index in [0.29, 0.717) is 16.3 Å². The Morgan fingerprint density at radius 2 is 1.88 bits per heavy atom. The van der Waals surface area contributed by atoms with Gasteiger partial charge in [0.15, 0.2) is 6.61 Å². The molecule has 7 heteroatoms. The molecular weight excluding hydrogens is 344 g/mol. The van der Waals surface area contributed by atoms with E-state index in [2.05, 4.69) is 10.3 Å². The van der Waals surface area contributed by atoms with E-state index in [1.165, 1.54) is 18.3 Å². The molecule has 0 aliphatic heterocycles. The molecule has 1 amide bonds. The average Bonchev–Trinajstić information content (AvgIpc) is 2.58. The van der Waals surface area contributed by atoms with E-state index in [4.69, 9.17) is 21.1 Å². The number of carbonyl (C=O) groups excluding carboxylic acids is 2. The number of aromatic nitrogens is 1. The summed E-state index contributed by atoms with van der Waals surface area (Å²) in [5.74, 6) is -0.0482. The van der Waals surface area contributed by atoms with Gasteiger partial charge in [-0.1, -0.05) is 11.6 Å². The molecule has 0 aliphatic rings. The van der Waals surface area contributed by atoms with Gasteiger partial charge in [0, 0.05) is 11.2 Å². The Hall–Kier alpha value is -2.60. The lowest BCUT2D eigenvalue weighted by Gasteiger charge is -2.10. The second kappa shape index (κ2) is 8.48. The maximum atomic E-state index is 12.0. The van der Waals surface area contributed by atoms with E-state index in [-0.39, 0.29) is 19.0 Å². The Morgan fingerprint density at radius 3 is 2.52 bits per heavy atom.